The van der Waals surface area contributed by atoms with E-state index in [9.17, 15) is 0 Å². The van der Waals surface area contributed by atoms with Crippen LogP contribution in [0.2, 0.25) is 0 Å². The Morgan fingerprint density at radius 3 is 2.45 bits per heavy atom. The standard InChI is InChI=1S/C10H21P/c1-5-6-7-8-11(4)9-10(2)3/h7-8,10H,5-6,9H2,1-4H3/b8-7-. The predicted octanol–water partition coefficient (Wildman–Crippen LogP) is 4.07. The molecule has 0 radical (unpaired) electrons. The first-order chi connectivity index (χ1) is 5.16. The minimum Gasteiger partial charge on any atom is -0.0865 e. The van der Waals surface area contributed by atoms with E-state index in [0.717, 1.165) is 5.92 Å². The van der Waals surface area contributed by atoms with E-state index in [-0.39, 0.29) is 7.92 Å². The van der Waals surface area contributed by atoms with Crippen LogP contribution in [0, 0.1) is 5.92 Å². The van der Waals surface area contributed by atoms with Gasteiger partial charge in [-0.15, -0.1) is 0 Å². The topological polar surface area (TPSA) is 0 Å². The molecule has 0 rings (SSSR count). The van der Waals surface area contributed by atoms with Gasteiger partial charge in [0, 0.05) is 0 Å². The van der Waals surface area contributed by atoms with Gasteiger partial charge in [0.25, 0.3) is 0 Å². The van der Waals surface area contributed by atoms with Crippen LogP contribution in [0.5, 0.6) is 0 Å². The highest BCUT2D eigenvalue weighted by Crippen LogP contribution is 2.34. The van der Waals surface area contributed by atoms with E-state index in [1.807, 2.05) is 0 Å². The fourth-order valence-corrected chi connectivity index (χ4v) is 2.84. The van der Waals surface area contributed by atoms with Crippen LogP contribution in [0.25, 0.3) is 0 Å². The summed E-state index contributed by atoms with van der Waals surface area (Å²) in [5, 5.41) is 0. The number of rotatable bonds is 5. The Morgan fingerprint density at radius 2 is 2.00 bits per heavy atom. The highest BCUT2D eigenvalue weighted by molar-refractivity contribution is 7.60. The quantitative estimate of drug-likeness (QED) is 0.548. The third kappa shape index (κ3) is 8.07. The van der Waals surface area contributed by atoms with E-state index in [4.69, 9.17) is 0 Å². The molecular formula is C10H21P. The van der Waals surface area contributed by atoms with E-state index in [0.29, 0.717) is 0 Å². The molecular weight excluding hydrogens is 151 g/mol. The summed E-state index contributed by atoms with van der Waals surface area (Å²) in [7, 11) is 0.188. The van der Waals surface area contributed by atoms with Crippen molar-refractivity contribution in [1.82, 2.24) is 0 Å². The minimum atomic E-state index is 0.188. The van der Waals surface area contributed by atoms with Crippen LogP contribution in [0.15, 0.2) is 11.9 Å². The van der Waals surface area contributed by atoms with Gasteiger partial charge in [0.1, 0.15) is 0 Å². The van der Waals surface area contributed by atoms with Gasteiger partial charge >= 0.3 is 0 Å². The average Bonchev–Trinajstić information content (AvgIpc) is 1.86. The number of hydrogen-bond acceptors (Lipinski definition) is 0. The lowest BCUT2D eigenvalue weighted by Gasteiger charge is -2.09. The summed E-state index contributed by atoms with van der Waals surface area (Å²) < 4.78 is 0. The van der Waals surface area contributed by atoms with Crippen molar-refractivity contribution in [3.8, 4) is 0 Å². The minimum absolute atomic E-state index is 0.188. The summed E-state index contributed by atoms with van der Waals surface area (Å²) in [4.78, 5) is 0. The van der Waals surface area contributed by atoms with Gasteiger partial charge < -0.3 is 0 Å². The van der Waals surface area contributed by atoms with E-state index >= 15 is 0 Å². The molecule has 1 atom stereocenters. The second kappa shape index (κ2) is 6.85. The maximum atomic E-state index is 2.42. The molecule has 0 heterocycles. The second-order valence-corrected chi connectivity index (χ2v) is 5.68. The molecule has 0 aromatic heterocycles. The summed E-state index contributed by atoms with van der Waals surface area (Å²) in [5.74, 6) is 3.27. The maximum absolute atomic E-state index is 2.42. The van der Waals surface area contributed by atoms with Crippen LogP contribution in [-0.4, -0.2) is 12.8 Å². The predicted molar refractivity (Wildman–Crippen MR) is 56.6 cm³/mol. The monoisotopic (exact) mass is 172 g/mol. The number of hydrogen-bond donors (Lipinski definition) is 0. The first-order valence-corrected chi connectivity index (χ1v) is 6.58. The molecule has 1 unspecified atom stereocenters. The van der Waals surface area contributed by atoms with Crippen LogP contribution >= 0.6 is 7.92 Å². The molecule has 0 aromatic carbocycles. The first kappa shape index (κ1) is 11.2. The lowest BCUT2D eigenvalue weighted by atomic mass is 10.3. The zero-order valence-corrected chi connectivity index (χ0v) is 9.20. The highest BCUT2D eigenvalue weighted by atomic mass is 31.1. The third-order valence-corrected chi connectivity index (χ3v) is 3.49. The van der Waals surface area contributed by atoms with Gasteiger partial charge in [0.05, 0.1) is 0 Å². The Morgan fingerprint density at radius 1 is 1.36 bits per heavy atom. The molecule has 1 heteroatoms. The Bertz CT molecular complexity index is 105. The number of unbranched alkanes of at least 4 members (excludes halogenated alkanes) is 1. The van der Waals surface area contributed by atoms with Crippen molar-refractivity contribution < 1.29 is 0 Å². The van der Waals surface area contributed by atoms with Crippen molar-refractivity contribution in [3.05, 3.63) is 11.9 Å². The van der Waals surface area contributed by atoms with Gasteiger partial charge in [-0.2, -0.15) is 0 Å². The van der Waals surface area contributed by atoms with Gasteiger partial charge in [-0.3, -0.25) is 0 Å². The lowest BCUT2D eigenvalue weighted by molar-refractivity contribution is 0.746. The molecule has 11 heavy (non-hydrogen) atoms. The molecule has 66 valence electrons. The van der Waals surface area contributed by atoms with Gasteiger partial charge in [-0.05, 0) is 25.2 Å². The Hall–Kier alpha value is 0.170. The van der Waals surface area contributed by atoms with E-state index < -0.39 is 0 Å². The second-order valence-electron chi connectivity index (χ2n) is 3.51. The molecule has 0 N–H and O–H groups in total. The van der Waals surface area contributed by atoms with Crippen molar-refractivity contribution in [3.63, 3.8) is 0 Å². The normalized spacial score (nSPS) is 14.6. The molecule has 0 aliphatic rings. The van der Waals surface area contributed by atoms with Crippen LogP contribution in [-0.2, 0) is 0 Å². The molecule has 0 spiro atoms. The molecule has 0 aliphatic heterocycles. The van der Waals surface area contributed by atoms with Gasteiger partial charge in [-0.1, -0.05) is 47.0 Å². The summed E-state index contributed by atoms with van der Waals surface area (Å²) >= 11 is 0. The van der Waals surface area contributed by atoms with E-state index in [1.165, 1.54) is 19.0 Å². The van der Waals surface area contributed by atoms with Crippen LogP contribution in [0.1, 0.15) is 33.6 Å². The summed E-state index contributed by atoms with van der Waals surface area (Å²) in [6.07, 6.45) is 6.26. The Balaban J connectivity index is 3.42. The van der Waals surface area contributed by atoms with Crippen LogP contribution in [0.3, 0.4) is 0 Å². The van der Waals surface area contributed by atoms with Crippen molar-refractivity contribution >= 4 is 7.92 Å². The Kier molecular flexibility index (Phi) is 6.96. The molecule has 0 saturated carbocycles. The van der Waals surface area contributed by atoms with Gasteiger partial charge in [0.15, 0.2) is 0 Å². The summed E-state index contributed by atoms with van der Waals surface area (Å²) in [6.45, 7) is 9.19. The van der Waals surface area contributed by atoms with E-state index in [2.05, 4.69) is 39.3 Å². The van der Waals surface area contributed by atoms with Gasteiger partial charge in [0.2, 0.25) is 0 Å². The highest BCUT2D eigenvalue weighted by Gasteiger charge is 1.98. The lowest BCUT2D eigenvalue weighted by Crippen LogP contribution is -1.91. The molecule has 0 amide bonds. The van der Waals surface area contributed by atoms with Crippen molar-refractivity contribution in [2.45, 2.75) is 33.6 Å². The molecule has 0 nitrogen and oxygen atoms in total. The average molecular weight is 172 g/mol. The zero-order valence-electron chi connectivity index (χ0n) is 8.30. The molecule has 0 aromatic rings. The molecule has 0 bridgehead atoms. The smallest absolute Gasteiger partial charge is 0.0271 e. The van der Waals surface area contributed by atoms with Gasteiger partial charge in [-0.25, -0.2) is 0 Å². The van der Waals surface area contributed by atoms with Crippen molar-refractivity contribution in [2.24, 2.45) is 5.92 Å². The fourth-order valence-electron chi connectivity index (χ4n) is 1.06. The molecule has 0 aliphatic carbocycles. The molecule has 0 fully saturated rings. The van der Waals surface area contributed by atoms with E-state index in [1.54, 1.807) is 0 Å². The maximum Gasteiger partial charge on any atom is -0.0271 e. The zero-order chi connectivity index (χ0) is 8.69. The fraction of sp³-hybridized carbons (Fsp3) is 0.800. The third-order valence-electron chi connectivity index (χ3n) is 1.47. The summed E-state index contributed by atoms with van der Waals surface area (Å²) in [6, 6.07) is 0. The SMILES string of the molecule is CCC/C=C\P(C)CC(C)C. The van der Waals surface area contributed by atoms with Crippen LogP contribution < -0.4 is 0 Å². The van der Waals surface area contributed by atoms with Crippen molar-refractivity contribution in [2.75, 3.05) is 12.8 Å². The Labute approximate surface area is 72.8 Å². The molecule has 0 saturated heterocycles. The van der Waals surface area contributed by atoms with Crippen molar-refractivity contribution in [1.29, 1.82) is 0 Å². The van der Waals surface area contributed by atoms with Crippen LogP contribution in [0.4, 0.5) is 0 Å². The first-order valence-electron chi connectivity index (χ1n) is 4.53. The summed E-state index contributed by atoms with van der Waals surface area (Å²) in [5.41, 5.74) is 0. The number of allylic oxidation sites excluding steroid dienone is 1. The largest absolute Gasteiger partial charge is 0.0865 e.